The summed E-state index contributed by atoms with van der Waals surface area (Å²) in [4.78, 5) is 15.0. The molecule has 1 fully saturated rings. The van der Waals surface area contributed by atoms with E-state index in [4.69, 9.17) is 5.73 Å². The number of benzene rings is 2. The van der Waals surface area contributed by atoms with Crippen molar-refractivity contribution in [3.05, 3.63) is 64.7 Å². The van der Waals surface area contributed by atoms with E-state index in [0.29, 0.717) is 11.3 Å². The minimum Gasteiger partial charge on any atom is -0.399 e. The third-order valence-electron chi connectivity index (χ3n) is 5.08. The molecular formula is C21H27N3O. The Balaban J connectivity index is 1.53. The highest BCUT2D eigenvalue weighted by Crippen LogP contribution is 2.18. The molecule has 4 nitrogen and oxygen atoms in total. The fraction of sp³-hybridized carbons (Fsp3) is 0.381. The quantitative estimate of drug-likeness (QED) is 0.842. The fourth-order valence-corrected chi connectivity index (χ4v) is 3.41. The van der Waals surface area contributed by atoms with Gasteiger partial charge in [0.25, 0.3) is 5.91 Å². The van der Waals surface area contributed by atoms with Crippen molar-refractivity contribution >= 4 is 11.6 Å². The van der Waals surface area contributed by atoms with Gasteiger partial charge in [0.2, 0.25) is 0 Å². The third kappa shape index (κ3) is 4.40. The summed E-state index contributed by atoms with van der Waals surface area (Å²) in [7, 11) is 0. The van der Waals surface area contributed by atoms with E-state index in [2.05, 4.69) is 41.4 Å². The van der Waals surface area contributed by atoms with Crippen molar-refractivity contribution in [1.82, 2.24) is 10.2 Å². The Morgan fingerprint density at radius 1 is 1.12 bits per heavy atom. The molecule has 0 bridgehead atoms. The number of likely N-dealkylation sites (tertiary alicyclic amines) is 1. The minimum atomic E-state index is -0.0119. The summed E-state index contributed by atoms with van der Waals surface area (Å²) in [5, 5.41) is 3.18. The van der Waals surface area contributed by atoms with E-state index in [-0.39, 0.29) is 11.9 Å². The number of nitrogen functional groups attached to an aromatic ring is 1. The maximum absolute atomic E-state index is 12.5. The van der Waals surface area contributed by atoms with Gasteiger partial charge in [0.1, 0.15) is 0 Å². The Labute approximate surface area is 150 Å². The lowest BCUT2D eigenvalue weighted by Gasteiger charge is -2.32. The van der Waals surface area contributed by atoms with Gasteiger partial charge in [-0.3, -0.25) is 9.69 Å². The van der Waals surface area contributed by atoms with Crippen LogP contribution in [0.1, 0.15) is 39.9 Å². The van der Waals surface area contributed by atoms with Crippen LogP contribution in [-0.2, 0) is 6.54 Å². The van der Waals surface area contributed by atoms with Crippen LogP contribution in [0.25, 0.3) is 0 Å². The number of anilines is 1. The second kappa shape index (κ2) is 7.70. The predicted octanol–water partition coefficient (Wildman–Crippen LogP) is 3.28. The van der Waals surface area contributed by atoms with Gasteiger partial charge in [-0.2, -0.15) is 0 Å². The second-order valence-electron chi connectivity index (χ2n) is 7.02. The number of piperidine rings is 1. The maximum Gasteiger partial charge on any atom is 0.251 e. The van der Waals surface area contributed by atoms with Gasteiger partial charge < -0.3 is 11.1 Å². The average molecular weight is 337 g/mol. The normalized spacial score (nSPS) is 15.9. The smallest absolute Gasteiger partial charge is 0.251 e. The summed E-state index contributed by atoms with van der Waals surface area (Å²) < 4.78 is 0. The first kappa shape index (κ1) is 17.5. The van der Waals surface area contributed by atoms with Crippen molar-refractivity contribution in [1.29, 1.82) is 0 Å². The number of carbonyl (C=O) groups is 1. The molecular weight excluding hydrogens is 310 g/mol. The van der Waals surface area contributed by atoms with Gasteiger partial charge in [-0.05, 0) is 55.5 Å². The van der Waals surface area contributed by atoms with Gasteiger partial charge in [0, 0.05) is 36.9 Å². The molecule has 0 atom stereocenters. The molecule has 132 valence electrons. The van der Waals surface area contributed by atoms with E-state index in [1.165, 1.54) is 11.1 Å². The van der Waals surface area contributed by atoms with Crippen LogP contribution in [0, 0.1) is 13.8 Å². The molecule has 0 unspecified atom stereocenters. The first-order valence-electron chi connectivity index (χ1n) is 8.97. The van der Waals surface area contributed by atoms with Crippen LogP contribution in [0.2, 0.25) is 0 Å². The number of nitrogens with two attached hydrogens (primary N) is 1. The standard InChI is InChI=1S/C21H27N3O/c1-15-5-3-4-6-17(15)14-24-11-9-19(10-12-24)23-21(25)20-13-18(22)8-7-16(20)2/h3-8,13,19H,9-12,14,22H2,1-2H3,(H,23,25). The van der Waals surface area contributed by atoms with Crippen LogP contribution in [0.3, 0.4) is 0 Å². The van der Waals surface area contributed by atoms with Gasteiger partial charge >= 0.3 is 0 Å². The maximum atomic E-state index is 12.5. The fourth-order valence-electron chi connectivity index (χ4n) is 3.41. The Kier molecular flexibility index (Phi) is 5.39. The van der Waals surface area contributed by atoms with Gasteiger partial charge in [-0.1, -0.05) is 30.3 Å². The predicted molar refractivity (Wildman–Crippen MR) is 103 cm³/mol. The summed E-state index contributed by atoms with van der Waals surface area (Å²) in [5.41, 5.74) is 10.8. The lowest BCUT2D eigenvalue weighted by atomic mass is 10.0. The summed E-state index contributed by atoms with van der Waals surface area (Å²) in [6.45, 7) is 7.11. The van der Waals surface area contributed by atoms with Crippen molar-refractivity contribution in [3.8, 4) is 0 Å². The number of amides is 1. The summed E-state index contributed by atoms with van der Waals surface area (Å²) >= 11 is 0. The number of hydrogen-bond donors (Lipinski definition) is 2. The topological polar surface area (TPSA) is 58.4 Å². The highest BCUT2D eigenvalue weighted by Gasteiger charge is 2.22. The van der Waals surface area contributed by atoms with E-state index in [1.54, 1.807) is 6.07 Å². The Morgan fingerprint density at radius 3 is 2.56 bits per heavy atom. The molecule has 1 heterocycles. The molecule has 25 heavy (non-hydrogen) atoms. The van der Waals surface area contributed by atoms with E-state index in [9.17, 15) is 4.79 Å². The van der Waals surface area contributed by atoms with Crippen molar-refractivity contribution in [2.45, 2.75) is 39.3 Å². The van der Waals surface area contributed by atoms with Gasteiger partial charge in [0.05, 0.1) is 0 Å². The van der Waals surface area contributed by atoms with Crippen LogP contribution in [0.15, 0.2) is 42.5 Å². The van der Waals surface area contributed by atoms with Crippen LogP contribution < -0.4 is 11.1 Å². The molecule has 1 saturated heterocycles. The van der Waals surface area contributed by atoms with Crippen LogP contribution in [-0.4, -0.2) is 29.9 Å². The molecule has 4 heteroatoms. The Morgan fingerprint density at radius 2 is 1.84 bits per heavy atom. The lowest BCUT2D eigenvalue weighted by Crippen LogP contribution is -2.44. The molecule has 2 aromatic rings. The van der Waals surface area contributed by atoms with E-state index >= 15 is 0 Å². The molecule has 0 saturated carbocycles. The first-order chi connectivity index (χ1) is 12.0. The Bertz CT molecular complexity index is 749. The summed E-state index contributed by atoms with van der Waals surface area (Å²) in [6.07, 6.45) is 1.97. The van der Waals surface area contributed by atoms with Crippen LogP contribution >= 0.6 is 0 Å². The second-order valence-corrected chi connectivity index (χ2v) is 7.02. The number of nitrogens with zero attached hydrogens (tertiary/aromatic N) is 1. The van der Waals surface area contributed by atoms with Crippen molar-refractivity contribution in [3.63, 3.8) is 0 Å². The van der Waals surface area contributed by atoms with E-state index in [0.717, 1.165) is 38.0 Å². The zero-order chi connectivity index (χ0) is 17.8. The molecule has 3 N–H and O–H groups in total. The highest BCUT2D eigenvalue weighted by atomic mass is 16.1. The molecule has 1 aliphatic rings. The number of hydrogen-bond acceptors (Lipinski definition) is 3. The van der Waals surface area contributed by atoms with Crippen molar-refractivity contribution in [2.24, 2.45) is 0 Å². The first-order valence-corrected chi connectivity index (χ1v) is 8.97. The largest absolute Gasteiger partial charge is 0.399 e. The van der Waals surface area contributed by atoms with E-state index in [1.807, 2.05) is 19.1 Å². The third-order valence-corrected chi connectivity index (χ3v) is 5.08. The number of rotatable bonds is 4. The SMILES string of the molecule is Cc1ccccc1CN1CCC(NC(=O)c2cc(N)ccc2C)CC1. The van der Waals surface area contributed by atoms with E-state index < -0.39 is 0 Å². The molecule has 0 spiro atoms. The average Bonchev–Trinajstić information content (AvgIpc) is 2.60. The molecule has 3 rings (SSSR count). The molecule has 0 radical (unpaired) electrons. The number of aryl methyl sites for hydroxylation is 2. The summed E-state index contributed by atoms with van der Waals surface area (Å²) in [6, 6.07) is 14.3. The zero-order valence-corrected chi connectivity index (χ0v) is 15.1. The van der Waals surface area contributed by atoms with Crippen LogP contribution in [0.5, 0.6) is 0 Å². The lowest BCUT2D eigenvalue weighted by molar-refractivity contribution is 0.0908. The van der Waals surface area contributed by atoms with Crippen LogP contribution in [0.4, 0.5) is 5.69 Å². The minimum absolute atomic E-state index is 0.0119. The van der Waals surface area contributed by atoms with Crippen molar-refractivity contribution < 1.29 is 4.79 Å². The van der Waals surface area contributed by atoms with Crippen molar-refractivity contribution in [2.75, 3.05) is 18.8 Å². The molecule has 0 aromatic heterocycles. The molecule has 2 aromatic carbocycles. The molecule has 1 aliphatic heterocycles. The highest BCUT2D eigenvalue weighted by molar-refractivity contribution is 5.96. The zero-order valence-electron chi connectivity index (χ0n) is 15.1. The number of nitrogens with one attached hydrogen (secondary N) is 1. The Hall–Kier alpha value is -2.33. The molecule has 1 amide bonds. The van der Waals surface area contributed by atoms with Gasteiger partial charge in [0.15, 0.2) is 0 Å². The van der Waals surface area contributed by atoms with Gasteiger partial charge in [-0.25, -0.2) is 0 Å². The number of carbonyl (C=O) groups excluding carboxylic acids is 1. The monoisotopic (exact) mass is 337 g/mol. The van der Waals surface area contributed by atoms with Gasteiger partial charge in [-0.15, -0.1) is 0 Å². The molecule has 0 aliphatic carbocycles. The summed E-state index contributed by atoms with van der Waals surface area (Å²) in [5.74, 6) is -0.0119.